The third kappa shape index (κ3) is 2.68. The molecule has 0 heterocycles. The Kier molecular flexibility index (Phi) is 3.63. The molecule has 1 amide bonds. The van der Waals surface area contributed by atoms with E-state index in [-0.39, 0.29) is 23.7 Å². The largest absolute Gasteiger partial charge is 0.394 e. The summed E-state index contributed by atoms with van der Waals surface area (Å²) in [5.41, 5.74) is 6.15. The fourth-order valence-electron chi connectivity index (χ4n) is 2.01. The zero-order chi connectivity index (χ0) is 13.2. The van der Waals surface area contributed by atoms with Crippen LogP contribution in [0.4, 0.5) is 4.39 Å². The van der Waals surface area contributed by atoms with E-state index in [4.69, 9.17) is 10.8 Å². The number of aliphatic hydroxyl groups excluding tert-OH is 1. The SMILES string of the molecule is NC(CO)C(=O)NCC1(c2cccc(F)c2)CC1. The first-order valence-corrected chi connectivity index (χ1v) is 5.98. The number of aliphatic hydroxyl groups is 1. The number of nitrogens with one attached hydrogen (secondary N) is 1. The Hall–Kier alpha value is -1.46. The number of hydrogen-bond acceptors (Lipinski definition) is 3. The van der Waals surface area contributed by atoms with Crippen LogP contribution in [-0.4, -0.2) is 30.2 Å². The molecule has 0 radical (unpaired) electrons. The molecule has 1 unspecified atom stereocenters. The molecule has 4 nitrogen and oxygen atoms in total. The van der Waals surface area contributed by atoms with E-state index in [2.05, 4.69) is 5.32 Å². The van der Waals surface area contributed by atoms with Gasteiger partial charge in [0.05, 0.1) is 6.61 Å². The molecule has 1 saturated carbocycles. The minimum absolute atomic E-state index is 0.160. The smallest absolute Gasteiger partial charge is 0.239 e. The zero-order valence-corrected chi connectivity index (χ0v) is 10.0. The van der Waals surface area contributed by atoms with Gasteiger partial charge in [-0.05, 0) is 30.5 Å². The lowest BCUT2D eigenvalue weighted by Gasteiger charge is -2.18. The number of halogens is 1. The first-order chi connectivity index (χ1) is 8.57. The monoisotopic (exact) mass is 252 g/mol. The molecule has 18 heavy (non-hydrogen) atoms. The van der Waals surface area contributed by atoms with Gasteiger partial charge in [-0.25, -0.2) is 4.39 Å². The average molecular weight is 252 g/mol. The van der Waals surface area contributed by atoms with Gasteiger partial charge in [0.1, 0.15) is 11.9 Å². The summed E-state index contributed by atoms with van der Waals surface area (Å²) in [6.45, 7) is 0.0573. The van der Waals surface area contributed by atoms with E-state index in [9.17, 15) is 9.18 Å². The van der Waals surface area contributed by atoms with E-state index >= 15 is 0 Å². The summed E-state index contributed by atoms with van der Waals surface area (Å²) >= 11 is 0. The molecule has 1 aromatic carbocycles. The molecule has 1 aromatic rings. The molecule has 1 atom stereocenters. The van der Waals surface area contributed by atoms with E-state index in [1.165, 1.54) is 12.1 Å². The van der Waals surface area contributed by atoms with Crippen molar-refractivity contribution in [1.82, 2.24) is 5.32 Å². The van der Waals surface area contributed by atoms with Gasteiger partial charge in [0.25, 0.3) is 0 Å². The molecule has 2 rings (SSSR count). The average Bonchev–Trinajstić information content (AvgIpc) is 3.16. The van der Waals surface area contributed by atoms with E-state index in [1.807, 2.05) is 6.07 Å². The molecule has 0 bridgehead atoms. The number of amides is 1. The standard InChI is InChI=1S/C13H17FN2O2/c14-10-3-1-2-9(6-10)13(4-5-13)8-16-12(18)11(15)7-17/h1-3,6,11,17H,4-5,7-8,15H2,(H,16,18). The number of benzene rings is 1. The topological polar surface area (TPSA) is 75.3 Å². The third-order valence-electron chi connectivity index (χ3n) is 3.43. The van der Waals surface area contributed by atoms with Crippen LogP contribution in [-0.2, 0) is 10.2 Å². The Bertz CT molecular complexity index is 446. The summed E-state index contributed by atoms with van der Waals surface area (Å²) in [4.78, 5) is 11.5. The van der Waals surface area contributed by atoms with Gasteiger partial charge in [-0.2, -0.15) is 0 Å². The van der Waals surface area contributed by atoms with E-state index in [0.717, 1.165) is 18.4 Å². The summed E-state index contributed by atoms with van der Waals surface area (Å²) in [5.74, 6) is -0.641. The Morgan fingerprint density at radius 3 is 2.83 bits per heavy atom. The van der Waals surface area contributed by atoms with E-state index in [0.29, 0.717) is 6.54 Å². The van der Waals surface area contributed by atoms with Crippen LogP contribution in [0, 0.1) is 5.82 Å². The summed E-state index contributed by atoms with van der Waals surface area (Å²) in [6.07, 6.45) is 1.84. The molecule has 1 fully saturated rings. The Labute approximate surface area is 105 Å². The van der Waals surface area contributed by atoms with Crippen LogP contribution in [0.1, 0.15) is 18.4 Å². The van der Waals surface area contributed by atoms with Crippen molar-refractivity contribution in [1.29, 1.82) is 0 Å². The second kappa shape index (κ2) is 5.04. The molecule has 4 N–H and O–H groups in total. The van der Waals surface area contributed by atoms with Gasteiger partial charge in [0, 0.05) is 12.0 Å². The lowest BCUT2D eigenvalue weighted by molar-refractivity contribution is -0.123. The number of carbonyl (C=O) groups excluding carboxylic acids is 1. The van der Waals surface area contributed by atoms with Crippen molar-refractivity contribution in [3.05, 3.63) is 35.6 Å². The second-order valence-electron chi connectivity index (χ2n) is 4.80. The first-order valence-electron chi connectivity index (χ1n) is 5.98. The number of carbonyl (C=O) groups is 1. The van der Waals surface area contributed by atoms with Gasteiger partial charge in [0.15, 0.2) is 0 Å². The molecule has 1 aliphatic rings. The molecule has 1 aliphatic carbocycles. The lowest BCUT2D eigenvalue weighted by atomic mass is 9.96. The highest BCUT2D eigenvalue weighted by Crippen LogP contribution is 2.47. The minimum atomic E-state index is -0.895. The van der Waals surface area contributed by atoms with Crippen LogP contribution in [0.25, 0.3) is 0 Å². The van der Waals surface area contributed by atoms with Crippen LogP contribution in [0.2, 0.25) is 0 Å². The van der Waals surface area contributed by atoms with Crippen molar-refractivity contribution in [2.45, 2.75) is 24.3 Å². The van der Waals surface area contributed by atoms with Crippen LogP contribution < -0.4 is 11.1 Å². The summed E-state index contributed by atoms with van der Waals surface area (Å²) in [5, 5.41) is 11.5. The number of hydrogen-bond donors (Lipinski definition) is 3. The fraction of sp³-hybridized carbons (Fsp3) is 0.462. The zero-order valence-electron chi connectivity index (χ0n) is 10.0. The fourth-order valence-corrected chi connectivity index (χ4v) is 2.01. The highest BCUT2D eigenvalue weighted by atomic mass is 19.1. The molecule has 0 spiro atoms. The van der Waals surface area contributed by atoms with Gasteiger partial charge >= 0.3 is 0 Å². The Balaban J connectivity index is 1.99. The van der Waals surface area contributed by atoms with Gasteiger partial charge in [-0.15, -0.1) is 0 Å². The molecular formula is C13H17FN2O2. The van der Waals surface area contributed by atoms with Gasteiger partial charge in [-0.3, -0.25) is 4.79 Å². The minimum Gasteiger partial charge on any atom is -0.394 e. The molecule has 0 saturated heterocycles. The van der Waals surface area contributed by atoms with E-state index < -0.39 is 6.04 Å². The summed E-state index contributed by atoms with van der Waals surface area (Å²) < 4.78 is 13.2. The molecular weight excluding hydrogens is 235 g/mol. The maximum Gasteiger partial charge on any atom is 0.239 e. The highest BCUT2D eigenvalue weighted by Gasteiger charge is 2.44. The molecule has 0 aromatic heterocycles. The maximum atomic E-state index is 13.2. The summed E-state index contributed by atoms with van der Waals surface area (Å²) in [7, 11) is 0. The normalized spacial score (nSPS) is 18.2. The predicted molar refractivity (Wildman–Crippen MR) is 65.4 cm³/mol. The van der Waals surface area contributed by atoms with Crippen LogP contribution in [0.15, 0.2) is 24.3 Å². The van der Waals surface area contributed by atoms with Crippen molar-refractivity contribution in [2.24, 2.45) is 5.73 Å². The van der Waals surface area contributed by atoms with Gasteiger partial charge in [-0.1, -0.05) is 12.1 Å². The molecule has 98 valence electrons. The lowest BCUT2D eigenvalue weighted by Crippen LogP contribution is -2.45. The van der Waals surface area contributed by atoms with Crippen molar-refractivity contribution in [3.63, 3.8) is 0 Å². The van der Waals surface area contributed by atoms with Crippen molar-refractivity contribution >= 4 is 5.91 Å². The predicted octanol–water partition coefficient (Wildman–Crippen LogP) is 0.293. The first kappa shape index (κ1) is 13.0. The van der Waals surface area contributed by atoms with Crippen LogP contribution in [0.5, 0.6) is 0 Å². The van der Waals surface area contributed by atoms with Crippen LogP contribution in [0.3, 0.4) is 0 Å². The number of rotatable bonds is 5. The Morgan fingerprint density at radius 1 is 1.56 bits per heavy atom. The molecule has 0 aliphatic heterocycles. The molecule has 5 heteroatoms. The van der Waals surface area contributed by atoms with Gasteiger partial charge in [0.2, 0.25) is 5.91 Å². The van der Waals surface area contributed by atoms with Crippen molar-refractivity contribution in [2.75, 3.05) is 13.2 Å². The summed E-state index contributed by atoms with van der Waals surface area (Å²) in [6, 6.07) is 5.55. The Morgan fingerprint density at radius 2 is 2.28 bits per heavy atom. The third-order valence-corrected chi connectivity index (χ3v) is 3.43. The number of nitrogens with two attached hydrogens (primary N) is 1. The van der Waals surface area contributed by atoms with E-state index in [1.54, 1.807) is 6.07 Å². The van der Waals surface area contributed by atoms with Gasteiger partial charge < -0.3 is 16.2 Å². The van der Waals surface area contributed by atoms with Crippen molar-refractivity contribution < 1.29 is 14.3 Å². The highest BCUT2D eigenvalue weighted by molar-refractivity contribution is 5.81. The second-order valence-corrected chi connectivity index (χ2v) is 4.80. The van der Waals surface area contributed by atoms with Crippen LogP contribution >= 0.6 is 0 Å². The van der Waals surface area contributed by atoms with Crippen molar-refractivity contribution in [3.8, 4) is 0 Å². The quantitative estimate of drug-likeness (QED) is 0.705. The maximum absolute atomic E-state index is 13.2.